The summed E-state index contributed by atoms with van der Waals surface area (Å²) in [6, 6.07) is 4.70. The van der Waals surface area contributed by atoms with E-state index in [-0.39, 0.29) is 12.4 Å². The van der Waals surface area contributed by atoms with Crippen LogP contribution in [0.25, 0.3) is 0 Å². The van der Waals surface area contributed by atoms with Gasteiger partial charge in [-0.3, -0.25) is 4.18 Å². The van der Waals surface area contributed by atoms with Gasteiger partial charge in [-0.05, 0) is 46.4 Å². The van der Waals surface area contributed by atoms with Crippen molar-refractivity contribution >= 4 is 32.7 Å². The predicted octanol–water partition coefficient (Wildman–Crippen LogP) is 1.47. The Bertz CT molecular complexity index is 427. The van der Waals surface area contributed by atoms with Crippen LogP contribution in [0.4, 0.5) is 0 Å². The molecule has 1 aromatic rings. The summed E-state index contributed by atoms with van der Waals surface area (Å²) in [6.45, 7) is -0.0501. The van der Waals surface area contributed by atoms with E-state index in [4.69, 9.17) is 5.11 Å². The van der Waals surface area contributed by atoms with E-state index in [2.05, 4.69) is 4.18 Å². The maximum atomic E-state index is 10.7. The first-order valence-corrected chi connectivity index (χ1v) is 6.60. The number of rotatable bonds is 3. The Balaban J connectivity index is 2.81. The van der Waals surface area contributed by atoms with E-state index in [0.717, 1.165) is 9.83 Å². The maximum absolute atomic E-state index is 10.7. The predicted molar refractivity (Wildman–Crippen MR) is 60.5 cm³/mol. The van der Waals surface area contributed by atoms with Crippen molar-refractivity contribution in [2.45, 2.75) is 6.61 Å². The van der Waals surface area contributed by atoms with Gasteiger partial charge in [-0.2, -0.15) is 8.42 Å². The minimum atomic E-state index is -3.44. The molecule has 6 heteroatoms. The molecule has 1 rings (SSSR count). The number of benzene rings is 1. The van der Waals surface area contributed by atoms with Crippen LogP contribution in [-0.4, -0.2) is 19.8 Å². The summed E-state index contributed by atoms with van der Waals surface area (Å²) in [7, 11) is -3.44. The second kappa shape index (κ2) is 4.45. The van der Waals surface area contributed by atoms with Crippen LogP contribution in [0.2, 0.25) is 0 Å². The molecule has 0 radical (unpaired) electrons. The smallest absolute Gasteiger partial charge is 0.264 e. The molecule has 0 fully saturated rings. The third-order valence-electron chi connectivity index (χ3n) is 1.46. The summed E-state index contributed by atoms with van der Waals surface area (Å²) in [4.78, 5) is 0. The van der Waals surface area contributed by atoms with Gasteiger partial charge in [0.25, 0.3) is 10.1 Å². The standard InChI is InChI=1S/C8H9IO4S/c1-14(11,12)13-5-6-4-7(10)2-3-8(6)9/h2-4,10H,5H2,1H3. The molecule has 1 aromatic carbocycles. The van der Waals surface area contributed by atoms with Gasteiger partial charge in [-0.1, -0.05) is 0 Å². The Kier molecular flexibility index (Phi) is 3.73. The zero-order valence-corrected chi connectivity index (χ0v) is 10.4. The number of halogens is 1. The van der Waals surface area contributed by atoms with Crippen molar-refractivity contribution < 1.29 is 17.7 Å². The second-order valence-electron chi connectivity index (χ2n) is 2.74. The van der Waals surface area contributed by atoms with Crippen molar-refractivity contribution in [2.75, 3.05) is 6.26 Å². The number of phenolic OH excluding ortho intramolecular Hbond substituents is 1. The molecule has 0 aliphatic carbocycles. The summed E-state index contributed by atoms with van der Waals surface area (Å²) in [5.74, 6) is 0.0949. The van der Waals surface area contributed by atoms with Crippen molar-refractivity contribution in [2.24, 2.45) is 0 Å². The molecule has 0 amide bonds. The van der Waals surface area contributed by atoms with Gasteiger partial charge in [-0.15, -0.1) is 0 Å². The Hall–Kier alpha value is -0.340. The number of aromatic hydroxyl groups is 1. The minimum Gasteiger partial charge on any atom is -0.508 e. The van der Waals surface area contributed by atoms with Crippen molar-refractivity contribution in [1.29, 1.82) is 0 Å². The molecule has 0 bridgehead atoms. The first-order valence-electron chi connectivity index (χ1n) is 3.70. The fourth-order valence-electron chi connectivity index (χ4n) is 0.842. The highest BCUT2D eigenvalue weighted by atomic mass is 127. The van der Waals surface area contributed by atoms with Gasteiger partial charge >= 0.3 is 0 Å². The molecule has 14 heavy (non-hydrogen) atoms. The SMILES string of the molecule is CS(=O)(=O)OCc1cc(O)ccc1I. The summed E-state index contributed by atoms with van der Waals surface area (Å²) in [5.41, 5.74) is 0.649. The van der Waals surface area contributed by atoms with E-state index < -0.39 is 10.1 Å². The van der Waals surface area contributed by atoms with E-state index in [0.29, 0.717) is 5.56 Å². The Morgan fingerprint density at radius 2 is 2.14 bits per heavy atom. The zero-order chi connectivity index (χ0) is 10.8. The van der Waals surface area contributed by atoms with Gasteiger partial charge in [0.2, 0.25) is 0 Å². The number of hydrogen-bond acceptors (Lipinski definition) is 4. The van der Waals surface area contributed by atoms with Crippen molar-refractivity contribution in [3.05, 3.63) is 27.3 Å². The van der Waals surface area contributed by atoms with Gasteiger partial charge in [-0.25, -0.2) is 0 Å². The van der Waals surface area contributed by atoms with Crippen LogP contribution in [0.3, 0.4) is 0 Å². The quantitative estimate of drug-likeness (QED) is 0.674. The van der Waals surface area contributed by atoms with Crippen LogP contribution in [0.15, 0.2) is 18.2 Å². The zero-order valence-electron chi connectivity index (χ0n) is 7.40. The Morgan fingerprint density at radius 1 is 1.50 bits per heavy atom. The molecule has 0 saturated carbocycles. The first-order chi connectivity index (χ1) is 6.38. The first kappa shape index (κ1) is 11.7. The molecule has 0 atom stereocenters. The molecule has 0 aliphatic heterocycles. The Labute approximate surface area is 96.2 Å². The van der Waals surface area contributed by atoms with Gasteiger partial charge < -0.3 is 5.11 Å². The molecule has 0 aromatic heterocycles. The van der Waals surface area contributed by atoms with Crippen LogP contribution >= 0.6 is 22.6 Å². The van der Waals surface area contributed by atoms with Crippen LogP contribution in [0, 0.1) is 3.57 Å². The van der Waals surface area contributed by atoms with E-state index in [1.54, 1.807) is 6.07 Å². The molecule has 0 heterocycles. The molecule has 78 valence electrons. The normalized spacial score (nSPS) is 11.6. The van der Waals surface area contributed by atoms with Crippen LogP contribution in [-0.2, 0) is 20.9 Å². The summed E-state index contributed by atoms with van der Waals surface area (Å²) in [6.07, 6.45) is 0.989. The molecule has 0 unspecified atom stereocenters. The Morgan fingerprint density at radius 3 is 2.71 bits per heavy atom. The third kappa shape index (κ3) is 3.81. The molecular weight excluding hydrogens is 319 g/mol. The lowest BCUT2D eigenvalue weighted by Crippen LogP contribution is -2.03. The summed E-state index contributed by atoms with van der Waals surface area (Å²) >= 11 is 2.04. The second-order valence-corrected chi connectivity index (χ2v) is 5.55. The van der Waals surface area contributed by atoms with Gasteiger partial charge in [0.05, 0.1) is 12.9 Å². The average Bonchev–Trinajstić information content (AvgIpc) is 2.05. The lowest BCUT2D eigenvalue weighted by molar-refractivity contribution is 0.310. The largest absolute Gasteiger partial charge is 0.508 e. The summed E-state index contributed by atoms with van der Waals surface area (Å²) in [5, 5.41) is 9.16. The highest BCUT2D eigenvalue weighted by molar-refractivity contribution is 14.1. The van der Waals surface area contributed by atoms with Crippen LogP contribution < -0.4 is 0 Å². The van der Waals surface area contributed by atoms with Gasteiger partial charge in [0.1, 0.15) is 5.75 Å². The summed E-state index contributed by atoms with van der Waals surface area (Å²) < 4.78 is 26.9. The highest BCUT2D eigenvalue weighted by Crippen LogP contribution is 2.19. The monoisotopic (exact) mass is 328 g/mol. The lowest BCUT2D eigenvalue weighted by atomic mass is 10.2. The molecular formula is C8H9IO4S. The molecule has 0 saturated heterocycles. The fourth-order valence-corrected chi connectivity index (χ4v) is 1.67. The highest BCUT2D eigenvalue weighted by Gasteiger charge is 2.06. The lowest BCUT2D eigenvalue weighted by Gasteiger charge is -2.04. The molecule has 0 aliphatic rings. The maximum Gasteiger partial charge on any atom is 0.264 e. The number of hydrogen-bond donors (Lipinski definition) is 1. The van der Waals surface area contributed by atoms with E-state index in [1.807, 2.05) is 22.6 Å². The van der Waals surface area contributed by atoms with Crippen LogP contribution in [0.1, 0.15) is 5.56 Å². The van der Waals surface area contributed by atoms with Crippen molar-refractivity contribution in [3.63, 3.8) is 0 Å². The minimum absolute atomic E-state index is 0.0501. The molecule has 1 N–H and O–H groups in total. The van der Waals surface area contributed by atoms with E-state index in [9.17, 15) is 8.42 Å². The van der Waals surface area contributed by atoms with Crippen LogP contribution in [0.5, 0.6) is 5.75 Å². The van der Waals surface area contributed by atoms with E-state index in [1.165, 1.54) is 12.1 Å². The van der Waals surface area contributed by atoms with Crippen molar-refractivity contribution in [1.82, 2.24) is 0 Å². The van der Waals surface area contributed by atoms with Gasteiger partial charge in [0, 0.05) is 3.57 Å². The average molecular weight is 328 g/mol. The number of phenols is 1. The third-order valence-corrected chi connectivity index (χ3v) is 3.06. The van der Waals surface area contributed by atoms with Crippen molar-refractivity contribution in [3.8, 4) is 5.75 Å². The van der Waals surface area contributed by atoms with E-state index >= 15 is 0 Å². The van der Waals surface area contributed by atoms with Gasteiger partial charge in [0.15, 0.2) is 0 Å². The molecule has 0 spiro atoms. The fraction of sp³-hybridized carbons (Fsp3) is 0.250. The molecule has 4 nitrogen and oxygen atoms in total. The topological polar surface area (TPSA) is 63.6 Å².